The Labute approximate surface area is 229 Å². The molecule has 0 aliphatic heterocycles. The molecule has 0 aliphatic carbocycles. The normalized spacial score (nSPS) is 14.9. The lowest BCUT2D eigenvalue weighted by molar-refractivity contribution is 0.415. The summed E-state index contributed by atoms with van der Waals surface area (Å²) in [4.78, 5) is 0. The van der Waals surface area contributed by atoms with Crippen LogP contribution in [0.1, 0.15) is 131 Å². The van der Waals surface area contributed by atoms with Gasteiger partial charge in [0.1, 0.15) is 11.6 Å². The van der Waals surface area contributed by atoms with Gasteiger partial charge in [-0.25, -0.2) is 4.39 Å². The summed E-state index contributed by atoms with van der Waals surface area (Å²) in [6.07, 6.45) is 5.35. The summed E-state index contributed by atoms with van der Waals surface area (Å²) in [5.74, 6) is 0.253. The molecule has 0 aromatic heterocycles. The molecular weight excluding hydrogens is 476 g/mol. The van der Waals surface area contributed by atoms with Crippen LogP contribution in [0.3, 0.4) is 0 Å². The quantitative estimate of drug-likeness (QED) is 0.237. The van der Waals surface area contributed by atoms with Gasteiger partial charge in [0.25, 0.3) is 0 Å². The van der Waals surface area contributed by atoms with E-state index in [1.54, 1.807) is 12.1 Å². The molecule has 4 heteroatoms. The number of phenols is 1. The van der Waals surface area contributed by atoms with Crippen LogP contribution in [0.4, 0.5) is 4.39 Å². The number of hydrogen-bond donors (Lipinski definition) is 2. The van der Waals surface area contributed by atoms with Gasteiger partial charge in [-0.15, -0.1) is 0 Å². The summed E-state index contributed by atoms with van der Waals surface area (Å²) >= 11 is 0. The molecule has 37 heavy (non-hydrogen) atoms. The van der Waals surface area contributed by atoms with Crippen molar-refractivity contribution in [3.63, 3.8) is 0 Å². The van der Waals surface area contributed by atoms with Crippen LogP contribution in [0.2, 0.25) is 0 Å². The van der Waals surface area contributed by atoms with Crippen molar-refractivity contribution in [1.82, 2.24) is 5.32 Å². The zero-order valence-electron chi connectivity index (χ0n) is 25.5. The smallest absolute Gasteiger partial charge is 0.123 e. The molecule has 2 aromatic carbocycles. The number of nitrogens with one attached hydrogen (secondary N) is 1. The first kappa shape index (κ1) is 31.8. The van der Waals surface area contributed by atoms with Gasteiger partial charge in [0, 0.05) is 22.8 Å². The van der Waals surface area contributed by atoms with Crippen molar-refractivity contribution < 1.29 is 9.50 Å². The number of hydrogen-bond acceptors (Lipinski definition) is 2. The predicted molar refractivity (Wildman–Crippen MR) is 163 cm³/mol. The molecule has 0 fully saturated rings. The molecule has 0 aliphatic rings. The number of unbranched alkanes of at least 4 members (excludes halogenated alkanes) is 2. The van der Waals surface area contributed by atoms with E-state index in [9.17, 15) is 9.50 Å². The zero-order valence-corrected chi connectivity index (χ0v) is 26.5. The summed E-state index contributed by atoms with van der Waals surface area (Å²) in [7, 11) is 0.432. The van der Waals surface area contributed by atoms with Gasteiger partial charge >= 0.3 is 0 Å². The van der Waals surface area contributed by atoms with Gasteiger partial charge < -0.3 is 10.4 Å². The van der Waals surface area contributed by atoms with E-state index in [4.69, 9.17) is 0 Å². The maximum absolute atomic E-state index is 14.4. The topological polar surface area (TPSA) is 32.3 Å². The molecule has 208 valence electrons. The molecule has 0 saturated carbocycles. The fourth-order valence-corrected chi connectivity index (χ4v) is 6.66. The van der Waals surface area contributed by atoms with Crippen LogP contribution in [-0.4, -0.2) is 10.6 Å². The van der Waals surface area contributed by atoms with Gasteiger partial charge in [-0.3, -0.25) is 0 Å². The average Bonchev–Trinajstić information content (AvgIpc) is 2.76. The van der Waals surface area contributed by atoms with Crippen LogP contribution < -0.4 is 10.6 Å². The molecular formula is C33H53FNOP. The van der Waals surface area contributed by atoms with Crippen LogP contribution in [0.15, 0.2) is 30.3 Å². The third kappa shape index (κ3) is 8.52. The van der Waals surface area contributed by atoms with E-state index in [2.05, 4.69) is 93.6 Å². The summed E-state index contributed by atoms with van der Waals surface area (Å²) < 4.78 is 14.4. The highest BCUT2D eigenvalue weighted by Gasteiger charge is 2.37. The van der Waals surface area contributed by atoms with E-state index < -0.39 is 0 Å². The SMILES string of the molecule is CCCCCC(CC)(Pc1ccc(F)cc1CNC(C)(C)C)c1cc(C(C)(C)C)cc(C(C)(C)C)c1O. The lowest BCUT2D eigenvalue weighted by atomic mass is 9.76. The van der Waals surface area contributed by atoms with Gasteiger partial charge in [0.2, 0.25) is 0 Å². The Morgan fingerprint density at radius 3 is 1.97 bits per heavy atom. The average molecular weight is 530 g/mol. The highest BCUT2D eigenvalue weighted by molar-refractivity contribution is 7.48. The molecule has 2 N–H and O–H groups in total. The fourth-order valence-electron chi connectivity index (χ4n) is 4.85. The first-order chi connectivity index (χ1) is 16.9. The molecule has 2 rings (SSSR count). The van der Waals surface area contributed by atoms with E-state index in [-0.39, 0.29) is 27.3 Å². The van der Waals surface area contributed by atoms with Crippen molar-refractivity contribution in [2.45, 2.75) is 136 Å². The second-order valence-corrected chi connectivity index (χ2v) is 15.6. The molecule has 0 amide bonds. The van der Waals surface area contributed by atoms with E-state index in [1.807, 2.05) is 6.07 Å². The maximum Gasteiger partial charge on any atom is 0.123 e. The molecule has 2 aromatic rings. The Hall–Kier alpha value is -1.44. The van der Waals surface area contributed by atoms with Gasteiger partial charge in [-0.2, -0.15) is 0 Å². The highest BCUT2D eigenvalue weighted by atomic mass is 31.1. The van der Waals surface area contributed by atoms with Gasteiger partial charge in [0.05, 0.1) is 0 Å². The Morgan fingerprint density at radius 2 is 1.46 bits per heavy atom. The first-order valence-corrected chi connectivity index (χ1v) is 15.1. The summed E-state index contributed by atoms with van der Waals surface area (Å²) in [5, 5.41) is 16.4. The van der Waals surface area contributed by atoms with E-state index in [0.717, 1.165) is 42.4 Å². The van der Waals surface area contributed by atoms with Crippen LogP contribution in [0, 0.1) is 5.82 Å². The number of benzene rings is 2. The lowest BCUT2D eigenvalue weighted by Gasteiger charge is -2.38. The maximum atomic E-state index is 14.4. The zero-order chi connectivity index (χ0) is 28.2. The van der Waals surface area contributed by atoms with E-state index in [0.29, 0.717) is 20.9 Å². The number of phenolic OH excluding ortho intramolecular Hbond substituents is 1. The monoisotopic (exact) mass is 529 g/mol. The Kier molecular flexibility index (Phi) is 10.4. The molecule has 2 atom stereocenters. The lowest BCUT2D eigenvalue weighted by Crippen LogP contribution is -2.36. The fraction of sp³-hybridized carbons (Fsp3) is 0.636. The summed E-state index contributed by atoms with van der Waals surface area (Å²) in [6.45, 7) is 24.8. The van der Waals surface area contributed by atoms with Gasteiger partial charge in [0.15, 0.2) is 0 Å². The minimum Gasteiger partial charge on any atom is -0.507 e. The first-order valence-electron chi connectivity index (χ1n) is 14.1. The molecule has 0 heterocycles. The van der Waals surface area contributed by atoms with Crippen molar-refractivity contribution in [2.24, 2.45) is 0 Å². The van der Waals surface area contributed by atoms with Gasteiger partial charge in [-0.1, -0.05) is 101 Å². The summed E-state index contributed by atoms with van der Waals surface area (Å²) in [5.41, 5.74) is 4.09. The van der Waals surface area contributed by atoms with Crippen LogP contribution >= 0.6 is 8.58 Å². The molecule has 0 spiro atoms. The van der Waals surface area contributed by atoms with E-state index in [1.165, 1.54) is 17.3 Å². The molecule has 0 bridgehead atoms. The summed E-state index contributed by atoms with van der Waals surface area (Å²) in [6, 6.07) is 9.77. The minimum absolute atomic E-state index is 0.0356. The van der Waals surface area contributed by atoms with E-state index >= 15 is 0 Å². The van der Waals surface area contributed by atoms with Crippen LogP contribution in [0.25, 0.3) is 0 Å². The highest BCUT2D eigenvalue weighted by Crippen LogP contribution is 2.54. The van der Waals surface area contributed by atoms with Gasteiger partial charge in [-0.05, 0) is 78.6 Å². The van der Waals surface area contributed by atoms with Crippen LogP contribution in [0.5, 0.6) is 5.75 Å². The molecule has 2 unspecified atom stereocenters. The molecule has 0 saturated heterocycles. The third-order valence-electron chi connectivity index (χ3n) is 7.36. The predicted octanol–water partition coefficient (Wildman–Crippen LogP) is 9.20. The second-order valence-electron chi connectivity index (χ2n) is 13.8. The molecule has 2 nitrogen and oxygen atoms in total. The van der Waals surface area contributed by atoms with Crippen molar-refractivity contribution in [3.8, 4) is 5.75 Å². The number of aromatic hydroxyl groups is 1. The Morgan fingerprint density at radius 1 is 0.838 bits per heavy atom. The van der Waals surface area contributed by atoms with Crippen molar-refractivity contribution >= 4 is 13.9 Å². The molecule has 0 radical (unpaired) electrons. The van der Waals surface area contributed by atoms with Crippen molar-refractivity contribution in [3.05, 3.63) is 58.4 Å². The third-order valence-corrected chi connectivity index (χ3v) is 9.47. The Bertz CT molecular complexity index is 1040. The van der Waals surface area contributed by atoms with Crippen molar-refractivity contribution in [2.75, 3.05) is 0 Å². The largest absolute Gasteiger partial charge is 0.507 e. The second kappa shape index (κ2) is 12.2. The van der Waals surface area contributed by atoms with Crippen molar-refractivity contribution in [1.29, 1.82) is 0 Å². The number of rotatable bonds is 10. The van der Waals surface area contributed by atoms with Crippen LogP contribution in [-0.2, 0) is 22.5 Å². The number of halogens is 1. The Balaban J connectivity index is 2.78. The standard InChI is InChI=1S/C33H53FNOP/c1-12-14-15-18-33(13-2,37-28-17-16-25(34)19-23(28)22-35-32(9,10)11)27-21-24(30(3,4)5)20-26(29(27)36)31(6,7)8/h16-17,19-21,35-37H,12-15,18,22H2,1-11H3. The minimum atomic E-state index is -0.213.